The first-order valence-electron chi connectivity index (χ1n) is 6.14. The largest absolute Gasteiger partial charge is 0.326 e. The first kappa shape index (κ1) is 13.7. The first-order valence-corrected chi connectivity index (χ1v) is 6.96. The van der Waals surface area contributed by atoms with Gasteiger partial charge < -0.3 is 5.73 Å². The fourth-order valence-electron chi connectivity index (χ4n) is 1.90. The third kappa shape index (κ3) is 3.30. The smallest absolute Gasteiger partial charge is 0.0274 e. The van der Waals surface area contributed by atoms with Crippen LogP contribution in [-0.4, -0.2) is 17.5 Å². The van der Waals surface area contributed by atoms with Crippen LogP contribution < -0.4 is 5.73 Å². The van der Waals surface area contributed by atoms with E-state index in [-0.39, 0.29) is 0 Å². The number of aryl methyl sites for hydroxylation is 1. The van der Waals surface area contributed by atoms with Crippen LogP contribution in [0.5, 0.6) is 0 Å². The van der Waals surface area contributed by atoms with E-state index in [1.54, 1.807) is 0 Å². The fourth-order valence-corrected chi connectivity index (χ4v) is 2.83. The van der Waals surface area contributed by atoms with Crippen LogP contribution in [0.4, 0.5) is 0 Å². The molecule has 3 heteroatoms. The minimum absolute atomic E-state index is 0.658. The van der Waals surface area contributed by atoms with Crippen molar-refractivity contribution in [2.45, 2.75) is 53.2 Å². The van der Waals surface area contributed by atoms with Crippen molar-refractivity contribution in [1.82, 2.24) is 4.90 Å². The molecule has 1 aromatic heterocycles. The molecule has 0 saturated heterocycles. The summed E-state index contributed by atoms with van der Waals surface area (Å²) in [5.74, 6) is 0. The van der Waals surface area contributed by atoms with Crippen LogP contribution >= 0.6 is 11.3 Å². The SMILES string of the molecule is CCC(C)N(CC)Cc1cc(CN)sc1C. The summed E-state index contributed by atoms with van der Waals surface area (Å²) in [7, 11) is 0. The highest BCUT2D eigenvalue weighted by atomic mass is 32.1. The predicted molar refractivity (Wildman–Crippen MR) is 72.8 cm³/mol. The van der Waals surface area contributed by atoms with Gasteiger partial charge in [0.1, 0.15) is 0 Å². The van der Waals surface area contributed by atoms with Crippen LogP contribution in [-0.2, 0) is 13.1 Å². The summed E-state index contributed by atoms with van der Waals surface area (Å²) in [6.45, 7) is 11.8. The van der Waals surface area contributed by atoms with E-state index in [0.717, 1.165) is 13.1 Å². The van der Waals surface area contributed by atoms with Crippen LogP contribution in [0, 0.1) is 6.92 Å². The van der Waals surface area contributed by atoms with Crippen molar-refractivity contribution >= 4 is 11.3 Å². The lowest BCUT2D eigenvalue weighted by Gasteiger charge is -2.26. The van der Waals surface area contributed by atoms with Crippen molar-refractivity contribution in [3.8, 4) is 0 Å². The third-order valence-electron chi connectivity index (χ3n) is 3.27. The van der Waals surface area contributed by atoms with Gasteiger partial charge >= 0.3 is 0 Å². The summed E-state index contributed by atoms with van der Waals surface area (Å²) in [6, 6.07) is 2.93. The second-order valence-electron chi connectivity index (χ2n) is 4.32. The Morgan fingerprint density at radius 3 is 2.56 bits per heavy atom. The van der Waals surface area contributed by atoms with E-state index in [1.165, 1.54) is 21.7 Å². The number of hydrogen-bond acceptors (Lipinski definition) is 3. The van der Waals surface area contributed by atoms with E-state index in [2.05, 4.69) is 38.7 Å². The zero-order valence-corrected chi connectivity index (χ0v) is 11.7. The Bertz CT molecular complexity index is 320. The Morgan fingerprint density at radius 1 is 1.44 bits per heavy atom. The molecule has 1 rings (SSSR count). The van der Waals surface area contributed by atoms with Crippen LogP contribution in [0.15, 0.2) is 6.07 Å². The molecule has 0 aliphatic carbocycles. The summed E-state index contributed by atoms with van der Waals surface area (Å²) in [6.07, 6.45) is 1.21. The Kier molecular flexibility index (Phi) is 5.46. The number of nitrogens with two attached hydrogens (primary N) is 1. The topological polar surface area (TPSA) is 29.3 Å². The van der Waals surface area contributed by atoms with Gasteiger partial charge in [0.15, 0.2) is 0 Å². The van der Waals surface area contributed by atoms with Gasteiger partial charge in [0.05, 0.1) is 0 Å². The van der Waals surface area contributed by atoms with Crippen LogP contribution in [0.3, 0.4) is 0 Å². The lowest BCUT2D eigenvalue weighted by molar-refractivity contribution is 0.206. The number of thiophene rings is 1. The number of hydrogen-bond donors (Lipinski definition) is 1. The minimum atomic E-state index is 0.658. The molecule has 2 nitrogen and oxygen atoms in total. The van der Waals surface area contributed by atoms with Gasteiger partial charge in [0.25, 0.3) is 0 Å². The molecule has 0 fully saturated rings. The van der Waals surface area contributed by atoms with Gasteiger partial charge in [0.2, 0.25) is 0 Å². The molecule has 92 valence electrons. The third-order valence-corrected chi connectivity index (χ3v) is 4.38. The quantitative estimate of drug-likeness (QED) is 0.827. The van der Waals surface area contributed by atoms with Gasteiger partial charge in [-0.25, -0.2) is 0 Å². The zero-order valence-electron chi connectivity index (χ0n) is 10.9. The maximum absolute atomic E-state index is 5.68. The molecule has 0 spiro atoms. The van der Waals surface area contributed by atoms with Gasteiger partial charge in [-0.1, -0.05) is 13.8 Å². The molecule has 1 unspecified atom stereocenters. The average Bonchev–Trinajstić information content (AvgIpc) is 2.66. The van der Waals surface area contributed by atoms with E-state index < -0.39 is 0 Å². The monoisotopic (exact) mass is 240 g/mol. The molecule has 1 atom stereocenters. The molecule has 0 bridgehead atoms. The van der Waals surface area contributed by atoms with Gasteiger partial charge in [0, 0.05) is 28.9 Å². The average molecular weight is 240 g/mol. The Labute approximate surface area is 103 Å². The molecule has 0 aliphatic rings. The molecule has 2 N–H and O–H groups in total. The maximum atomic E-state index is 5.68. The number of nitrogens with zero attached hydrogens (tertiary/aromatic N) is 1. The van der Waals surface area contributed by atoms with Gasteiger partial charge in [-0.3, -0.25) is 4.90 Å². The normalized spacial score (nSPS) is 13.4. The molecule has 1 heterocycles. The standard InChI is InChI=1S/C13H24N2S/c1-5-10(3)15(6-2)9-12-7-13(8-14)16-11(12)4/h7,10H,5-6,8-9,14H2,1-4H3. The van der Waals surface area contributed by atoms with Gasteiger partial charge in [-0.05, 0) is 38.4 Å². The van der Waals surface area contributed by atoms with Crippen molar-refractivity contribution in [2.75, 3.05) is 6.54 Å². The highest BCUT2D eigenvalue weighted by Gasteiger charge is 2.13. The molecule has 1 aromatic rings. The maximum Gasteiger partial charge on any atom is 0.0274 e. The zero-order chi connectivity index (χ0) is 12.1. The van der Waals surface area contributed by atoms with Gasteiger partial charge in [-0.2, -0.15) is 0 Å². The molecule has 0 saturated carbocycles. The summed E-state index contributed by atoms with van der Waals surface area (Å²) >= 11 is 1.83. The van der Waals surface area contributed by atoms with E-state index in [0.29, 0.717) is 12.6 Å². The van der Waals surface area contributed by atoms with Crippen LogP contribution in [0.25, 0.3) is 0 Å². The minimum Gasteiger partial charge on any atom is -0.326 e. The van der Waals surface area contributed by atoms with Crippen molar-refractivity contribution in [3.63, 3.8) is 0 Å². The summed E-state index contributed by atoms with van der Waals surface area (Å²) in [5.41, 5.74) is 7.13. The second-order valence-corrected chi connectivity index (χ2v) is 5.66. The number of rotatable bonds is 6. The van der Waals surface area contributed by atoms with Crippen LogP contribution in [0.2, 0.25) is 0 Å². The van der Waals surface area contributed by atoms with Crippen molar-refractivity contribution in [1.29, 1.82) is 0 Å². The van der Waals surface area contributed by atoms with E-state index >= 15 is 0 Å². The molecule has 0 amide bonds. The van der Waals surface area contributed by atoms with Crippen molar-refractivity contribution < 1.29 is 0 Å². The summed E-state index contributed by atoms with van der Waals surface area (Å²) in [4.78, 5) is 5.24. The molecular formula is C13H24N2S. The van der Waals surface area contributed by atoms with E-state index in [4.69, 9.17) is 5.73 Å². The molecule has 0 aliphatic heterocycles. The van der Waals surface area contributed by atoms with Gasteiger partial charge in [-0.15, -0.1) is 11.3 Å². The lowest BCUT2D eigenvalue weighted by Crippen LogP contribution is -2.31. The summed E-state index contributed by atoms with van der Waals surface area (Å²) in [5, 5.41) is 0. The first-order chi connectivity index (χ1) is 7.62. The molecule has 0 radical (unpaired) electrons. The molecular weight excluding hydrogens is 216 g/mol. The lowest BCUT2D eigenvalue weighted by atomic mass is 10.1. The highest BCUT2D eigenvalue weighted by molar-refractivity contribution is 7.12. The fraction of sp³-hybridized carbons (Fsp3) is 0.692. The second kappa shape index (κ2) is 6.38. The van der Waals surface area contributed by atoms with Crippen molar-refractivity contribution in [2.24, 2.45) is 5.73 Å². The Hall–Kier alpha value is -0.380. The van der Waals surface area contributed by atoms with Crippen molar-refractivity contribution in [3.05, 3.63) is 21.4 Å². The Balaban J connectivity index is 2.73. The van der Waals surface area contributed by atoms with Crippen LogP contribution in [0.1, 0.15) is 42.5 Å². The molecule has 16 heavy (non-hydrogen) atoms. The van der Waals surface area contributed by atoms with E-state index in [9.17, 15) is 0 Å². The highest BCUT2D eigenvalue weighted by Crippen LogP contribution is 2.23. The Morgan fingerprint density at radius 2 is 2.12 bits per heavy atom. The van der Waals surface area contributed by atoms with E-state index in [1.807, 2.05) is 11.3 Å². The predicted octanol–water partition coefficient (Wildman–Crippen LogP) is 3.14. The summed E-state index contributed by atoms with van der Waals surface area (Å²) < 4.78 is 0. The molecule has 0 aromatic carbocycles.